The minimum Gasteiger partial charge on any atom is -0.0622 e. The highest BCUT2D eigenvalue weighted by atomic mass is 14.2. The molecule has 0 aliphatic heterocycles. The molecule has 0 heterocycles. The third kappa shape index (κ3) is 2.90. The van der Waals surface area contributed by atoms with Gasteiger partial charge in [-0.25, -0.2) is 0 Å². The lowest BCUT2D eigenvalue weighted by Crippen LogP contribution is -2.03. The van der Waals surface area contributed by atoms with E-state index in [2.05, 4.69) is 92.7 Å². The van der Waals surface area contributed by atoms with E-state index in [0.717, 1.165) is 0 Å². The topological polar surface area (TPSA) is 0 Å². The summed E-state index contributed by atoms with van der Waals surface area (Å²) in [6.07, 6.45) is 0. The van der Waals surface area contributed by atoms with Crippen LogP contribution in [-0.2, 0) is 0 Å². The van der Waals surface area contributed by atoms with Crippen molar-refractivity contribution in [3.8, 4) is 0 Å². The van der Waals surface area contributed by atoms with Crippen molar-refractivity contribution >= 4 is 0 Å². The Kier molecular flexibility index (Phi) is 3.87. The van der Waals surface area contributed by atoms with E-state index in [0.29, 0.717) is 5.92 Å². The molecule has 0 aliphatic rings. The highest BCUT2D eigenvalue weighted by Crippen LogP contribution is 2.32. The second kappa shape index (κ2) is 5.97. The lowest BCUT2D eigenvalue weighted by Gasteiger charge is -2.20. The van der Waals surface area contributed by atoms with Crippen LogP contribution in [0.5, 0.6) is 0 Å². The molecule has 0 radical (unpaired) electrons. The number of hydrogen-bond donors (Lipinski definition) is 0. The van der Waals surface area contributed by atoms with Gasteiger partial charge in [0, 0.05) is 5.92 Å². The average Bonchev–Trinajstić information content (AvgIpc) is 2.53. The van der Waals surface area contributed by atoms with Gasteiger partial charge < -0.3 is 0 Å². The van der Waals surface area contributed by atoms with Crippen molar-refractivity contribution in [2.45, 2.75) is 19.8 Å². The first-order valence-corrected chi connectivity index (χ1v) is 7.43. The Morgan fingerprint density at radius 2 is 1.05 bits per heavy atom. The molecule has 0 N–H and O–H groups in total. The third-order valence-electron chi connectivity index (χ3n) is 4.13. The van der Waals surface area contributed by atoms with Gasteiger partial charge in [0.05, 0.1) is 0 Å². The van der Waals surface area contributed by atoms with Crippen LogP contribution < -0.4 is 0 Å². The molecule has 0 aliphatic carbocycles. The maximum atomic E-state index is 2.32. The molecule has 0 fully saturated rings. The van der Waals surface area contributed by atoms with Crippen LogP contribution >= 0.6 is 0 Å². The fourth-order valence-electron chi connectivity index (χ4n) is 2.81. The zero-order valence-electron chi connectivity index (χ0n) is 12.6. The number of rotatable bonds is 3. The first kappa shape index (κ1) is 13.6. The first-order chi connectivity index (χ1) is 10.3. The molecule has 0 atom stereocenters. The van der Waals surface area contributed by atoms with Crippen LogP contribution in [-0.4, -0.2) is 0 Å². The van der Waals surface area contributed by atoms with E-state index in [1.165, 1.54) is 27.8 Å². The van der Waals surface area contributed by atoms with Crippen molar-refractivity contribution < 1.29 is 0 Å². The fraction of sp³-hybridized carbons (Fsp3) is 0.143. The zero-order valence-corrected chi connectivity index (χ0v) is 12.6. The van der Waals surface area contributed by atoms with Crippen LogP contribution in [0.15, 0.2) is 78.9 Å². The molecule has 0 amide bonds. The standard InChI is InChI=1S/C21H20/c1-16-13-14-20(15-17(16)2)21(18-9-5-3-6-10-18)19-11-7-4-8-12-19/h3-15,21H,1-2H3. The Labute approximate surface area is 127 Å². The molecule has 0 aromatic heterocycles. The molecule has 104 valence electrons. The Bertz CT molecular complexity index is 672. The molecule has 0 spiro atoms. The summed E-state index contributed by atoms with van der Waals surface area (Å²) in [7, 11) is 0. The van der Waals surface area contributed by atoms with Crippen molar-refractivity contribution in [1.82, 2.24) is 0 Å². The summed E-state index contributed by atoms with van der Waals surface area (Å²) < 4.78 is 0. The molecule has 0 saturated carbocycles. The van der Waals surface area contributed by atoms with Gasteiger partial charge in [-0.1, -0.05) is 78.9 Å². The lowest BCUT2D eigenvalue weighted by molar-refractivity contribution is 0.972. The number of benzene rings is 3. The molecule has 0 unspecified atom stereocenters. The van der Waals surface area contributed by atoms with E-state index in [4.69, 9.17) is 0 Å². The number of hydrogen-bond acceptors (Lipinski definition) is 0. The van der Waals surface area contributed by atoms with Crippen LogP contribution in [0.2, 0.25) is 0 Å². The van der Waals surface area contributed by atoms with Crippen LogP contribution in [0.1, 0.15) is 33.7 Å². The monoisotopic (exact) mass is 272 g/mol. The van der Waals surface area contributed by atoms with Crippen molar-refractivity contribution in [3.05, 3.63) is 107 Å². The molecule has 21 heavy (non-hydrogen) atoms. The summed E-state index contributed by atoms with van der Waals surface area (Å²) in [4.78, 5) is 0. The van der Waals surface area contributed by atoms with Gasteiger partial charge in [-0.2, -0.15) is 0 Å². The molecule has 0 heteroatoms. The fourth-order valence-corrected chi connectivity index (χ4v) is 2.81. The van der Waals surface area contributed by atoms with Crippen molar-refractivity contribution in [1.29, 1.82) is 0 Å². The second-order valence-electron chi connectivity index (χ2n) is 5.60. The maximum Gasteiger partial charge on any atom is 0.0340 e. The molecular formula is C21H20. The first-order valence-electron chi connectivity index (χ1n) is 7.43. The van der Waals surface area contributed by atoms with Gasteiger partial charge in [0.25, 0.3) is 0 Å². The summed E-state index contributed by atoms with van der Waals surface area (Å²) in [6, 6.07) is 28.3. The lowest BCUT2D eigenvalue weighted by atomic mass is 9.84. The van der Waals surface area contributed by atoms with Crippen LogP contribution in [0, 0.1) is 13.8 Å². The summed E-state index contributed by atoms with van der Waals surface area (Å²) in [5, 5.41) is 0. The van der Waals surface area contributed by atoms with E-state index < -0.39 is 0 Å². The summed E-state index contributed by atoms with van der Waals surface area (Å²) >= 11 is 0. The normalized spacial score (nSPS) is 10.8. The van der Waals surface area contributed by atoms with Crippen molar-refractivity contribution in [2.24, 2.45) is 0 Å². The van der Waals surface area contributed by atoms with E-state index in [9.17, 15) is 0 Å². The van der Waals surface area contributed by atoms with Crippen LogP contribution in [0.3, 0.4) is 0 Å². The molecule has 3 aromatic carbocycles. The van der Waals surface area contributed by atoms with Crippen molar-refractivity contribution in [2.75, 3.05) is 0 Å². The van der Waals surface area contributed by atoms with Crippen LogP contribution in [0.25, 0.3) is 0 Å². The predicted octanol–water partition coefficient (Wildman–Crippen LogP) is 5.48. The number of aryl methyl sites for hydroxylation is 2. The minimum atomic E-state index is 0.298. The summed E-state index contributed by atoms with van der Waals surface area (Å²) in [5.74, 6) is 0.298. The molecule has 0 saturated heterocycles. The zero-order chi connectivity index (χ0) is 14.7. The molecule has 0 nitrogen and oxygen atoms in total. The van der Waals surface area contributed by atoms with Crippen molar-refractivity contribution in [3.63, 3.8) is 0 Å². The largest absolute Gasteiger partial charge is 0.0622 e. The molecule has 3 rings (SSSR count). The summed E-state index contributed by atoms with van der Waals surface area (Å²) in [6.45, 7) is 4.35. The molecular weight excluding hydrogens is 252 g/mol. The molecule has 0 bridgehead atoms. The van der Waals surface area contributed by atoms with E-state index >= 15 is 0 Å². The Morgan fingerprint density at radius 1 is 0.524 bits per heavy atom. The molecule has 3 aromatic rings. The van der Waals surface area contributed by atoms with Gasteiger partial charge in [-0.05, 0) is 41.7 Å². The van der Waals surface area contributed by atoms with E-state index in [1.54, 1.807) is 0 Å². The van der Waals surface area contributed by atoms with E-state index in [-0.39, 0.29) is 0 Å². The SMILES string of the molecule is Cc1ccc(C(c2ccccc2)c2ccccc2)cc1C. The average molecular weight is 272 g/mol. The highest BCUT2D eigenvalue weighted by molar-refractivity contribution is 5.45. The maximum absolute atomic E-state index is 2.32. The van der Waals surface area contributed by atoms with Gasteiger partial charge in [-0.15, -0.1) is 0 Å². The smallest absolute Gasteiger partial charge is 0.0340 e. The second-order valence-corrected chi connectivity index (χ2v) is 5.60. The Morgan fingerprint density at radius 3 is 1.52 bits per heavy atom. The van der Waals surface area contributed by atoms with Gasteiger partial charge in [-0.3, -0.25) is 0 Å². The van der Waals surface area contributed by atoms with Gasteiger partial charge in [0.15, 0.2) is 0 Å². The Balaban J connectivity index is 2.14. The quantitative estimate of drug-likeness (QED) is 0.553. The highest BCUT2D eigenvalue weighted by Gasteiger charge is 2.16. The summed E-state index contributed by atoms with van der Waals surface area (Å²) in [5.41, 5.74) is 6.73. The van der Waals surface area contributed by atoms with E-state index in [1.807, 2.05) is 0 Å². The van der Waals surface area contributed by atoms with Gasteiger partial charge in [0.2, 0.25) is 0 Å². The Hall–Kier alpha value is -2.34. The minimum absolute atomic E-state index is 0.298. The van der Waals surface area contributed by atoms with Gasteiger partial charge in [0.1, 0.15) is 0 Å². The van der Waals surface area contributed by atoms with Crippen LogP contribution in [0.4, 0.5) is 0 Å². The van der Waals surface area contributed by atoms with Gasteiger partial charge >= 0.3 is 0 Å². The predicted molar refractivity (Wildman–Crippen MR) is 89.7 cm³/mol. The third-order valence-corrected chi connectivity index (χ3v) is 4.13.